The van der Waals surface area contributed by atoms with E-state index in [0.717, 1.165) is 10.0 Å². The molecule has 0 fully saturated rings. The van der Waals surface area contributed by atoms with Crippen molar-refractivity contribution in [3.05, 3.63) is 22.2 Å². The van der Waals surface area contributed by atoms with E-state index in [1.165, 1.54) is 0 Å². The molecule has 0 aliphatic rings. The molecule has 4 nitrogen and oxygen atoms in total. The second-order valence-corrected chi connectivity index (χ2v) is 3.84. The third kappa shape index (κ3) is 3.21. The Kier molecular flexibility index (Phi) is 5.28. The van der Waals surface area contributed by atoms with Gasteiger partial charge in [0, 0.05) is 16.3 Å². The van der Waals surface area contributed by atoms with E-state index < -0.39 is 0 Å². The zero-order chi connectivity index (χ0) is 12.0. The van der Waals surface area contributed by atoms with Crippen LogP contribution in [-0.4, -0.2) is 38.7 Å². The van der Waals surface area contributed by atoms with Gasteiger partial charge in [0.05, 0.1) is 27.4 Å². The molecule has 1 aromatic carbocycles. The second kappa shape index (κ2) is 6.50. The average molecular weight is 288 g/mol. The summed E-state index contributed by atoms with van der Waals surface area (Å²) in [5.41, 5.74) is 0.881. The van der Waals surface area contributed by atoms with Crippen molar-refractivity contribution in [3.8, 4) is 11.5 Å². The summed E-state index contributed by atoms with van der Waals surface area (Å²) in [6.45, 7) is 0.433. The molecule has 1 aromatic rings. The summed E-state index contributed by atoms with van der Waals surface area (Å²) in [6, 6.07) is 3.64. The highest BCUT2D eigenvalue weighted by molar-refractivity contribution is 9.10. The molecular weight excluding hydrogens is 274 g/mol. The minimum Gasteiger partial charge on any atom is -0.493 e. The first kappa shape index (κ1) is 13.0. The number of aliphatic hydroxyl groups excluding tert-OH is 1. The maximum atomic E-state index is 8.63. The summed E-state index contributed by atoms with van der Waals surface area (Å²) >= 11 is 3.41. The molecule has 0 bridgehead atoms. The summed E-state index contributed by atoms with van der Waals surface area (Å²) < 4.78 is 11.2. The van der Waals surface area contributed by atoms with Crippen LogP contribution in [0.2, 0.25) is 0 Å². The van der Waals surface area contributed by atoms with Crippen molar-refractivity contribution in [2.24, 2.45) is 4.99 Å². The van der Waals surface area contributed by atoms with Gasteiger partial charge in [-0.15, -0.1) is 0 Å². The molecule has 0 saturated carbocycles. The van der Waals surface area contributed by atoms with Gasteiger partial charge in [0.2, 0.25) is 0 Å². The third-order valence-electron chi connectivity index (χ3n) is 1.96. The van der Waals surface area contributed by atoms with Crippen molar-refractivity contribution in [3.63, 3.8) is 0 Å². The molecular formula is C11H14BrNO3. The maximum absolute atomic E-state index is 8.63. The van der Waals surface area contributed by atoms with Crippen LogP contribution in [0.15, 0.2) is 21.6 Å². The molecule has 0 heterocycles. The Balaban J connectivity index is 3.01. The van der Waals surface area contributed by atoms with E-state index in [2.05, 4.69) is 20.9 Å². The first-order chi connectivity index (χ1) is 7.72. The molecule has 0 aliphatic heterocycles. The van der Waals surface area contributed by atoms with Crippen LogP contribution in [0.5, 0.6) is 11.5 Å². The molecule has 5 heteroatoms. The van der Waals surface area contributed by atoms with Gasteiger partial charge in [-0.2, -0.15) is 0 Å². The number of ether oxygens (including phenoxy) is 2. The highest BCUT2D eigenvalue weighted by atomic mass is 79.9. The number of aliphatic imine (C=N–C) groups is 1. The van der Waals surface area contributed by atoms with E-state index >= 15 is 0 Å². The fraction of sp³-hybridized carbons (Fsp3) is 0.364. The first-order valence-electron chi connectivity index (χ1n) is 4.75. The Morgan fingerprint density at radius 3 is 2.50 bits per heavy atom. The Labute approximate surface area is 103 Å². The number of hydrogen-bond acceptors (Lipinski definition) is 4. The van der Waals surface area contributed by atoms with Crippen LogP contribution in [0.1, 0.15) is 5.56 Å². The van der Waals surface area contributed by atoms with Crippen LogP contribution in [0.3, 0.4) is 0 Å². The van der Waals surface area contributed by atoms with Crippen LogP contribution < -0.4 is 9.47 Å². The number of methoxy groups -OCH3 is 2. The van der Waals surface area contributed by atoms with Crippen molar-refractivity contribution in [1.82, 2.24) is 0 Å². The molecule has 0 spiro atoms. The standard InChI is InChI=1S/C11H14BrNO3/c1-15-10-5-8(7-13-3-4-14)9(12)6-11(10)16-2/h5-7,14H,3-4H2,1-2H3. The van der Waals surface area contributed by atoms with Gasteiger partial charge in [-0.1, -0.05) is 0 Å². The monoisotopic (exact) mass is 287 g/mol. The van der Waals surface area contributed by atoms with Crippen molar-refractivity contribution in [2.75, 3.05) is 27.4 Å². The van der Waals surface area contributed by atoms with E-state index in [0.29, 0.717) is 18.0 Å². The van der Waals surface area contributed by atoms with Crippen molar-refractivity contribution >= 4 is 22.1 Å². The summed E-state index contributed by atoms with van der Waals surface area (Å²) in [7, 11) is 3.17. The molecule has 88 valence electrons. The molecule has 0 atom stereocenters. The Bertz CT molecular complexity index is 380. The van der Waals surface area contributed by atoms with Gasteiger partial charge in [0.1, 0.15) is 0 Å². The van der Waals surface area contributed by atoms with Crippen LogP contribution in [0.4, 0.5) is 0 Å². The average Bonchev–Trinajstić information content (AvgIpc) is 2.31. The highest BCUT2D eigenvalue weighted by Crippen LogP contribution is 2.32. The van der Waals surface area contributed by atoms with Crippen molar-refractivity contribution < 1.29 is 14.6 Å². The molecule has 1 rings (SSSR count). The Morgan fingerprint density at radius 1 is 1.31 bits per heavy atom. The molecule has 1 N–H and O–H groups in total. The van der Waals surface area contributed by atoms with Gasteiger partial charge < -0.3 is 14.6 Å². The molecule has 0 saturated heterocycles. The van der Waals surface area contributed by atoms with E-state index in [4.69, 9.17) is 14.6 Å². The zero-order valence-corrected chi connectivity index (χ0v) is 10.8. The summed E-state index contributed by atoms with van der Waals surface area (Å²) in [5, 5.41) is 8.63. The van der Waals surface area contributed by atoms with E-state index in [9.17, 15) is 0 Å². The fourth-order valence-corrected chi connectivity index (χ4v) is 1.61. The molecule has 0 amide bonds. The van der Waals surface area contributed by atoms with Gasteiger partial charge in [-0.3, -0.25) is 4.99 Å². The predicted molar refractivity (Wildman–Crippen MR) is 66.8 cm³/mol. The minimum absolute atomic E-state index is 0.0431. The quantitative estimate of drug-likeness (QED) is 0.842. The van der Waals surface area contributed by atoms with E-state index in [1.54, 1.807) is 20.4 Å². The summed E-state index contributed by atoms with van der Waals surface area (Å²) in [6.07, 6.45) is 1.68. The van der Waals surface area contributed by atoms with Crippen LogP contribution in [-0.2, 0) is 0 Å². The van der Waals surface area contributed by atoms with Crippen LogP contribution in [0, 0.1) is 0 Å². The predicted octanol–water partition coefficient (Wildman–Crippen LogP) is 1.88. The fourth-order valence-electron chi connectivity index (χ4n) is 1.19. The number of aliphatic hydroxyl groups is 1. The number of halogens is 1. The molecule has 0 aliphatic carbocycles. The molecule has 0 aromatic heterocycles. The highest BCUT2D eigenvalue weighted by Gasteiger charge is 2.07. The second-order valence-electron chi connectivity index (χ2n) is 2.99. The number of rotatable bonds is 5. The maximum Gasteiger partial charge on any atom is 0.161 e. The zero-order valence-electron chi connectivity index (χ0n) is 9.24. The molecule has 0 radical (unpaired) electrons. The lowest BCUT2D eigenvalue weighted by Gasteiger charge is -2.09. The lowest BCUT2D eigenvalue weighted by Crippen LogP contribution is -1.95. The summed E-state index contributed by atoms with van der Waals surface area (Å²) in [5.74, 6) is 1.31. The topological polar surface area (TPSA) is 51.0 Å². The first-order valence-corrected chi connectivity index (χ1v) is 5.54. The van der Waals surface area contributed by atoms with Gasteiger partial charge >= 0.3 is 0 Å². The SMILES string of the molecule is COc1cc(Br)c(C=NCCO)cc1OC. The number of benzene rings is 1. The number of nitrogens with zero attached hydrogens (tertiary/aromatic N) is 1. The van der Waals surface area contributed by atoms with Crippen LogP contribution >= 0.6 is 15.9 Å². The minimum atomic E-state index is 0.0431. The lowest BCUT2D eigenvalue weighted by atomic mass is 10.2. The normalized spacial score (nSPS) is 10.8. The van der Waals surface area contributed by atoms with Gasteiger partial charge in [0.25, 0.3) is 0 Å². The Morgan fingerprint density at radius 2 is 1.94 bits per heavy atom. The van der Waals surface area contributed by atoms with Crippen molar-refractivity contribution in [2.45, 2.75) is 0 Å². The largest absolute Gasteiger partial charge is 0.493 e. The van der Waals surface area contributed by atoms with Crippen LogP contribution in [0.25, 0.3) is 0 Å². The lowest BCUT2D eigenvalue weighted by molar-refractivity contribution is 0.307. The van der Waals surface area contributed by atoms with Crippen molar-refractivity contribution in [1.29, 1.82) is 0 Å². The van der Waals surface area contributed by atoms with Gasteiger partial charge in [-0.05, 0) is 28.1 Å². The van der Waals surface area contributed by atoms with E-state index in [1.807, 2.05) is 12.1 Å². The molecule has 16 heavy (non-hydrogen) atoms. The van der Waals surface area contributed by atoms with Gasteiger partial charge in [0.15, 0.2) is 11.5 Å². The van der Waals surface area contributed by atoms with E-state index in [-0.39, 0.29) is 6.61 Å². The Hall–Kier alpha value is -1.07. The number of hydrogen-bond donors (Lipinski definition) is 1. The molecule has 0 unspecified atom stereocenters. The van der Waals surface area contributed by atoms with Gasteiger partial charge in [-0.25, -0.2) is 0 Å². The smallest absolute Gasteiger partial charge is 0.161 e. The third-order valence-corrected chi connectivity index (χ3v) is 2.65. The summed E-state index contributed by atoms with van der Waals surface area (Å²) in [4.78, 5) is 4.05.